The van der Waals surface area contributed by atoms with Crippen molar-refractivity contribution in [1.82, 2.24) is 5.32 Å². The number of carbonyl (C=O) groups is 1. The number of hydrogen-bond acceptors (Lipinski definition) is 3. The average molecular weight is 434 g/mol. The third kappa shape index (κ3) is 9.10. The molecule has 4 nitrogen and oxygen atoms in total. The monoisotopic (exact) mass is 433 g/mol. The maximum atomic E-state index is 12.0. The molecule has 31 heavy (non-hydrogen) atoms. The van der Waals surface area contributed by atoms with Crippen molar-refractivity contribution in [3.05, 3.63) is 23.8 Å². The van der Waals surface area contributed by atoms with Crippen LogP contribution in [0.3, 0.4) is 0 Å². The highest BCUT2D eigenvalue weighted by molar-refractivity contribution is 5.76. The first-order valence-corrected chi connectivity index (χ1v) is 12.6. The molecule has 178 valence electrons. The van der Waals surface area contributed by atoms with Crippen molar-refractivity contribution in [2.45, 2.75) is 117 Å². The number of hydrogen-bond donors (Lipinski definition) is 3. The molecule has 0 saturated heterocycles. The maximum absolute atomic E-state index is 12.0. The van der Waals surface area contributed by atoms with Gasteiger partial charge >= 0.3 is 0 Å². The average Bonchev–Trinajstić information content (AvgIpc) is 3.16. The van der Waals surface area contributed by atoms with Crippen LogP contribution < -0.4 is 5.32 Å². The normalized spacial score (nSPS) is 27.9. The number of fused-ring (bicyclic) bond motifs is 1. The minimum absolute atomic E-state index is 0.140. The van der Waals surface area contributed by atoms with Gasteiger partial charge in [-0.2, -0.15) is 0 Å². The molecule has 2 aliphatic carbocycles. The lowest BCUT2D eigenvalue weighted by Gasteiger charge is -2.20. The van der Waals surface area contributed by atoms with E-state index in [0.717, 1.165) is 38.5 Å². The van der Waals surface area contributed by atoms with E-state index in [4.69, 9.17) is 0 Å². The predicted molar refractivity (Wildman–Crippen MR) is 129 cm³/mol. The summed E-state index contributed by atoms with van der Waals surface area (Å²) < 4.78 is 0. The van der Waals surface area contributed by atoms with Crippen LogP contribution in [0.2, 0.25) is 0 Å². The fourth-order valence-corrected chi connectivity index (χ4v) is 5.33. The molecule has 0 aromatic heterocycles. The predicted octanol–water partition coefficient (Wildman–Crippen LogP) is 5.54. The number of unbranched alkanes of at least 4 members (excludes halogenated alkanes) is 2. The number of allylic oxidation sites excluding steroid dienone is 2. The van der Waals surface area contributed by atoms with E-state index in [1.165, 1.54) is 24.8 Å². The van der Waals surface area contributed by atoms with Crippen molar-refractivity contribution < 1.29 is 15.0 Å². The SMILES string of the molecule is CCCC[C@H](C)C[C@H](O)C=C[C@@H]1[C@H]2CC(CCCCC(=O)NC(C)(C)C)=C[C@H]2C[C@H]1O. The molecule has 2 aliphatic rings. The van der Waals surface area contributed by atoms with Crippen LogP contribution in [0.25, 0.3) is 0 Å². The Morgan fingerprint density at radius 2 is 2.03 bits per heavy atom. The van der Waals surface area contributed by atoms with E-state index < -0.39 is 6.10 Å². The molecule has 4 heteroatoms. The van der Waals surface area contributed by atoms with Crippen molar-refractivity contribution >= 4 is 5.91 Å². The zero-order valence-electron chi connectivity index (χ0n) is 20.6. The lowest BCUT2D eigenvalue weighted by molar-refractivity contribution is -0.122. The number of nitrogens with one attached hydrogen (secondary N) is 1. The van der Waals surface area contributed by atoms with E-state index in [0.29, 0.717) is 24.2 Å². The van der Waals surface area contributed by atoms with Gasteiger partial charge in [-0.3, -0.25) is 4.79 Å². The minimum atomic E-state index is -0.411. The minimum Gasteiger partial charge on any atom is -0.392 e. The summed E-state index contributed by atoms with van der Waals surface area (Å²) >= 11 is 0. The summed E-state index contributed by atoms with van der Waals surface area (Å²) in [5.41, 5.74) is 1.33. The van der Waals surface area contributed by atoms with Gasteiger partial charge in [0.1, 0.15) is 0 Å². The Kier molecular flexibility index (Phi) is 10.3. The topological polar surface area (TPSA) is 69.6 Å². The van der Waals surface area contributed by atoms with Gasteiger partial charge in [0, 0.05) is 17.9 Å². The van der Waals surface area contributed by atoms with Gasteiger partial charge in [-0.15, -0.1) is 0 Å². The lowest BCUT2D eigenvalue weighted by atomic mass is 9.88. The fourth-order valence-electron chi connectivity index (χ4n) is 5.33. The van der Waals surface area contributed by atoms with Crippen LogP contribution in [0.15, 0.2) is 23.8 Å². The zero-order chi connectivity index (χ0) is 23.0. The van der Waals surface area contributed by atoms with Gasteiger partial charge in [0.2, 0.25) is 5.91 Å². The van der Waals surface area contributed by atoms with Gasteiger partial charge in [0.25, 0.3) is 0 Å². The van der Waals surface area contributed by atoms with E-state index in [2.05, 4.69) is 31.3 Å². The fraction of sp³-hybridized carbons (Fsp3) is 0.815. The number of amides is 1. The van der Waals surface area contributed by atoms with Crippen molar-refractivity contribution in [3.8, 4) is 0 Å². The summed E-state index contributed by atoms with van der Waals surface area (Å²) in [6.45, 7) is 10.5. The molecule has 0 heterocycles. The number of aliphatic hydroxyl groups is 2. The highest BCUT2D eigenvalue weighted by Gasteiger charge is 2.43. The van der Waals surface area contributed by atoms with E-state index in [9.17, 15) is 15.0 Å². The summed E-state index contributed by atoms with van der Waals surface area (Å²) in [7, 11) is 0. The van der Waals surface area contributed by atoms with E-state index in [-0.39, 0.29) is 23.5 Å². The Bertz CT molecular complexity index is 618. The smallest absolute Gasteiger partial charge is 0.220 e. The van der Waals surface area contributed by atoms with E-state index in [1.807, 2.05) is 26.8 Å². The van der Waals surface area contributed by atoms with Crippen LogP contribution in [0.1, 0.15) is 98.8 Å². The second-order valence-corrected chi connectivity index (χ2v) is 11.2. The molecule has 0 spiro atoms. The summed E-state index contributed by atoms with van der Waals surface area (Å²) in [5.74, 6) is 1.75. The molecular formula is C27H47NO3. The summed E-state index contributed by atoms with van der Waals surface area (Å²) in [5, 5.41) is 24.0. The van der Waals surface area contributed by atoms with Crippen LogP contribution in [-0.4, -0.2) is 33.9 Å². The number of carbonyl (C=O) groups excluding carboxylic acids is 1. The summed E-state index contributed by atoms with van der Waals surface area (Å²) in [6, 6.07) is 0. The molecule has 2 rings (SSSR count). The Balaban J connectivity index is 1.74. The van der Waals surface area contributed by atoms with Crippen LogP contribution in [0.4, 0.5) is 0 Å². The lowest BCUT2D eigenvalue weighted by Crippen LogP contribution is -2.40. The molecule has 6 atom stereocenters. The van der Waals surface area contributed by atoms with Crippen molar-refractivity contribution in [1.29, 1.82) is 0 Å². The van der Waals surface area contributed by atoms with Crippen LogP contribution in [-0.2, 0) is 4.79 Å². The molecule has 0 aliphatic heterocycles. The first-order chi connectivity index (χ1) is 14.6. The zero-order valence-corrected chi connectivity index (χ0v) is 20.6. The first kappa shape index (κ1) is 26.1. The summed E-state index contributed by atoms with van der Waals surface area (Å²) in [6.07, 6.45) is 15.6. The molecule has 0 aromatic carbocycles. The molecule has 3 N–H and O–H groups in total. The molecule has 0 unspecified atom stereocenters. The molecule has 0 bridgehead atoms. The van der Waals surface area contributed by atoms with Gasteiger partial charge in [0.15, 0.2) is 0 Å². The molecule has 0 aromatic rings. The van der Waals surface area contributed by atoms with Crippen molar-refractivity contribution in [2.24, 2.45) is 23.7 Å². The third-order valence-corrected chi connectivity index (χ3v) is 6.87. The Labute approximate surface area is 190 Å². The second-order valence-electron chi connectivity index (χ2n) is 11.2. The van der Waals surface area contributed by atoms with Gasteiger partial charge < -0.3 is 15.5 Å². The van der Waals surface area contributed by atoms with Crippen LogP contribution in [0.5, 0.6) is 0 Å². The van der Waals surface area contributed by atoms with Crippen molar-refractivity contribution in [2.75, 3.05) is 0 Å². The Morgan fingerprint density at radius 1 is 1.29 bits per heavy atom. The number of rotatable bonds is 12. The maximum Gasteiger partial charge on any atom is 0.220 e. The molecule has 1 fully saturated rings. The molecular weight excluding hydrogens is 386 g/mol. The first-order valence-electron chi connectivity index (χ1n) is 12.6. The van der Waals surface area contributed by atoms with E-state index in [1.54, 1.807) is 0 Å². The van der Waals surface area contributed by atoms with Crippen LogP contribution in [0, 0.1) is 23.7 Å². The second kappa shape index (κ2) is 12.2. The Hall–Kier alpha value is -1.13. The van der Waals surface area contributed by atoms with Gasteiger partial charge in [-0.25, -0.2) is 0 Å². The van der Waals surface area contributed by atoms with Gasteiger partial charge in [-0.05, 0) is 77.0 Å². The quantitative estimate of drug-likeness (QED) is 0.280. The highest BCUT2D eigenvalue weighted by atomic mass is 16.3. The highest BCUT2D eigenvalue weighted by Crippen LogP contribution is 2.48. The van der Waals surface area contributed by atoms with Crippen LogP contribution >= 0.6 is 0 Å². The van der Waals surface area contributed by atoms with Gasteiger partial charge in [-0.1, -0.05) is 56.9 Å². The molecule has 0 radical (unpaired) electrons. The number of aliphatic hydroxyl groups excluding tert-OH is 2. The third-order valence-electron chi connectivity index (χ3n) is 6.87. The van der Waals surface area contributed by atoms with E-state index >= 15 is 0 Å². The van der Waals surface area contributed by atoms with Gasteiger partial charge in [0.05, 0.1) is 12.2 Å². The molecule has 1 amide bonds. The van der Waals surface area contributed by atoms with Crippen molar-refractivity contribution in [3.63, 3.8) is 0 Å². The summed E-state index contributed by atoms with van der Waals surface area (Å²) in [4.78, 5) is 12.0. The Morgan fingerprint density at radius 3 is 2.71 bits per heavy atom. The standard InChI is InChI=1S/C27H47NO3/c1-6-7-10-19(2)15-22(29)13-14-23-24-17-20(16-21(24)18-25(23)30)11-8-9-12-26(31)28-27(3,4)5/h13-14,16,19,21-25,29-30H,6-12,15,17-18H2,1-5H3,(H,28,31)/t19-,21-,22+,23+,24-,25+/m0/s1. The largest absolute Gasteiger partial charge is 0.392 e. The molecule has 1 saturated carbocycles.